The average Bonchev–Trinajstić information content (AvgIpc) is 2.98. The number of benzene rings is 2. The molecule has 3 aromatic rings. The van der Waals surface area contributed by atoms with Gasteiger partial charge in [-0.25, -0.2) is 4.98 Å². The Kier molecular flexibility index (Phi) is 6.56. The first kappa shape index (κ1) is 19.4. The van der Waals surface area contributed by atoms with Gasteiger partial charge in [0.25, 0.3) is 0 Å². The summed E-state index contributed by atoms with van der Waals surface area (Å²) >= 11 is 1.53. The van der Waals surface area contributed by atoms with Gasteiger partial charge in [0.15, 0.2) is 10.9 Å². The summed E-state index contributed by atoms with van der Waals surface area (Å²) in [5.74, 6) is 0.830. The van der Waals surface area contributed by atoms with Crippen LogP contribution in [0.4, 0.5) is 5.13 Å². The number of anilines is 1. The fourth-order valence-electron chi connectivity index (χ4n) is 2.48. The Labute approximate surface area is 162 Å². The Morgan fingerprint density at radius 3 is 2.64 bits per heavy atom. The van der Waals surface area contributed by atoms with Crippen LogP contribution in [0.15, 0.2) is 42.5 Å². The normalized spacial score (nSPS) is 11.6. The predicted molar refractivity (Wildman–Crippen MR) is 110 cm³/mol. The Morgan fingerprint density at radius 1 is 1.24 bits per heavy atom. The van der Waals surface area contributed by atoms with Crippen molar-refractivity contribution >= 4 is 49.4 Å². The minimum absolute atomic E-state index is 0. The number of carbonyl (C=O) groups excluding carboxylic acids is 1. The van der Waals surface area contributed by atoms with Crippen LogP contribution in [-0.4, -0.2) is 23.4 Å². The summed E-state index contributed by atoms with van der Waals surface area (Å²) in [5.41, 5.74) is 2.68. The third-order valence-electron chi connectivity index (χ3n) is 3.75. The number of aromatic nitrogens is 1. The van der Waals surface area contributed by atoms with Gasteiger partial charge < -0.3 is 10.1 Å². The molecular formula is C19H21BrN2O2S. The molecule has 0 saturated carbocycles. The smallest absolute Gasteiger partial charge is 0.184 e. The molecule has 0 amide bonds. The van der Waals surface area contributed by atoms with E-state index in [9.17, 15) is 4.79 Å². The topological polar surface area (TPSA) is 51.2 Å². The number of nitrogens with one attached hydrogen (secondary N) is 1. The fourth-order valence-corrected chi connectivity index (χ4v) is 3.45. The van der Waals surface area contributed by atoms with Gasteiger partial charge in [-0.05, 0) is 32.9 Å². The van der Waals surface area contributed by atoms with Gasteiger partial charge in [0, 0.05) is 5.56 Å². The summed E-state index contributed by atoms with van der Waals surface area (Å²) in [6.07, 6.45) is 0. The number of ether oxygens (including phenoxy) is 1. The molecule has 1 atom stereocenters. The van der Waals surface area contributed by atoms with E-state index >= 15 is 0 Å². The maximum absolute atomic E-state index is 12.5. The quantitative estimate of drug-likeness (QED) is 0.552. The highest BCUT2D eigenvalue weighted by molar-refractivity contribution is 8.93. The molecule has 0 aliphatic carbocycles. The van der Waals surface area contributed by atoms with Gasteiger partial charge in [-0.1, -0.05) is 47.2 Å². The van der Waals surface area contributed by atoms with Crippen molar-refractivity contribution < 1.29 is 9.53 Å². The summed E-state index contributed by atoms with van der Waals surface area (Å²) in [6.45, 7) is 6.42. The zero-order valence-electron chi connectivity index (χ0n) is 14.4. The lowest BCUT2D eigenvalue weighted by Crippen LogP contribution is -2.26. The maximum Gasteiger partial charge on any atom is 0.184 e. The SMILES string of the molecule is Br.CCOc1cccc2sc(NC(C)C(=O)c3ccc(C)cc3)nc12. The largest absolute Gasteiger partial charge is 0.492 e. The van der Waals surface area contributed by atoms with E-state index in [1.54, 1.807) is 0 Å². The highest BCUT2D eigenvalue weighted by Crippen LogP contribution is 2.32. The van der Waals surface area contributed by atoms with Crippen LogP contribution in [0.3, 0.4) is 0 Å². The molecule has 132 valence electrons. The van der Waals surface area contributed by atoms with Crippen molar-refractivity contribution in [3.63, 3.8) is 0 Å². The van der Waals surface area contributed by atoms with Crippen LogP contribution in [0.5, 0.6) is 5.75 Å². The first-order chi connectivity index (χ1) is 11.6. The van der Waals surface area contributed by atoms with Crippen molar-refractivity contribution in [3.8, 4) is 5.75 Å². The number of carbonyl (C=O) groups is 1. The number of hydrogen-bond acceptors (Lipinski definition) is 5. The molecule has 1 N–H and O–H groups in total. The molecular weight excluding hydrogens is 400 g/mol. The lowest BCUT2D eigenvalue weighted by Gasteiger charge is -2.11. The van der Waals surface area contributed by atoms with E-state index < -0.39 is 0 Å². The lowest BCUT2D eigenvalue weighted by atomic mass is 10.0. The molecule has 0 saturated heterocycles. The zero-order valence-corrected chi connectivity index (χ0v) is 16.9. The minimum atomic E-state index is -0.344. The van der Waals surface area contributed by atoms with Gasteiger partial charge in [0.05, 0.1) is 17.3 Å². The summed E-state index contributed by atoms with van der Waals surface area (Å²) in [6, 6.07) is 13.2. The number of para-hydroxylation sites is 1. The lowest BCUT2D eigenvalue weighted by molar-refractivity contribution is 0.0975. The monoisotopic (exact) mass is 420 g/mol. The van der Waals surface area contributed by atoms with Gasteiger partial charge in [-0.3, -0.25) is 4.79 Å². The average molecular weight is 421 g/mol. The molecule has 6 heteroatoms. The van der Waals surface area contributed by atoms with Crippen molar-refractivity contribution in [2.24, 2.45) is 0 Å². The van der Waals surface area contributed by atoms with E-state index in [4.69, 9.17) is 4.74 Å². The number of fused-ring (bicyclic) bond motifs is 1. The molecule has 0 spiro atoms. The first-order valence-corrected chi connectivity index (χ1v) is 8.80. The Bertz CT molecular complexity index is 861. The number of nitrogens with zero attached hydrogens (tertiary/aromatic N) is 1. The van der Waals surface area contributed by atoms with Crippen molar-refractivity contribution in [1.82, 2.24) is 4.98 Å². The third-order valence-corrected chi connectivity index (χ3v) is 4.70. The fraction of sp³-hybridized carbons (Fsp3) is 0.263. The van der Waals surface area contributed by atoms with Crippen molar-refractivity contribution in [2.75, 3.05) is 11.9 Å². The second kappa shape index (κ2) is 8.45. The maximum atomic E-state index is 12.5. The molecule has 0 fully saturated rings. The number of rotatable bonds is 6. The molecule has 0 aliphatic rings. The Morgan fingerprint density at radius 2 is 1.96 bits per heavy atom. The Hall–Kier alpha value is -1.92. The zero-order chi connectivity index (χ0) is 17.1. The predicted octanol–water partition coefficient (Wildman–Crippen LogP) is 5.26. The van der Waals surface area contributed by atoms with Crippen LogP contribution in [0.1, 0.15) is 29.8 Å². The van der Waals surface area contributed by atoms with E-state index in [2.05, 4.69) is 10.3 Å². The first-order valence-electron chi connectivity index (χ1n) is 7.98. The number of thiazole rings is 1. The summed E-state index contributed by atoms with van der Waals surface area (Å²) in [5, 5.41) is 3.94. The van der Waals surface area contributed by atoms with E-state index in [-0.39, 0.29) is 28.8 Å². The summed E-state index contributed by atoms with van der Waals surface area (Å²) < 4.78 is 6.66. The second-order valence-electron chi connectivity index (χ2n) is 5.65. The summed E-state index contributed by atoms with van der Waals surface area (Å²) in [7, 11) is 0. The molecule has 0 aliphatic heterocycles. The van der Waals surface area contributed by atoms with Crippen molar-refractivity contribution in [1.29, 1.82) is 0 Å². The van der Waals surface area contributed by atoms with E-state index in [0.717, 1.165) is 26.7 Å². The van der Waals surface area contributed by atoms with Gasteiger partial charge >= 0.3 is 0 Å². The van der Waals surface area contributed by atoms with E-state index in [1.165, 1.54) is 11.3 Å². The van der Waals surface area contributed by atoms with Gasteiger partial charge in [0.1, 0.15) is 11.3 Å². The van der Waals surface area contributed by atoms with Crippen molar-refractivity contribution in [2.45, 2.75) is 26.8 Å². The van der Waals surface area contributed by atoms with E-state index in [1.807, 2.05) is 63.2 Å². The molecule has 0 radical (unpaired) electrons. The molecule has 4 nitrogen and oxygen atoms in total. The highest BCUT2D eigenvalue weighted by atomic mass is 79.9. The molecule has 3 rings (SSSR count). The molecule has 25 heavy (non-hydrogen) atoms. The number of halogens is 1. The molecule has 0 bridgehead atoms. The molecule has 2 aromatic carbocycles. The van der Waals surface area contributed by atoms with Crippen LogP contribution in [0.2, 0.25) is 0 Å². The third kappa shape index (κ3) is 4.38. The van der Waals surface area contributed by atoms with Crippen LogP contribution in [0.25, 0.3) is 10.2 Å². The molecule has 1 heterocycles. The van der Waals surface area contributed by atoms with Crippen molar-refractivity contribution in [3.05, 3.63) is 53.6 Å². The van der Waals surface area contributed by atoms with E-state index in [0.29, 0.717) is 12.2 Å². The van der Waals surface area contributed by atoms with Crippen LogP contribution < -0.4 is 10.1 Å². The van der Waals surface area contributed by atoms with Crippen LogP contribution >= 0.6 is 28.3 Å². The number of Topliss-reactive ketones (excluding diaryl/α,β-unsaturated/α-hetero) is 1. The van der Waals surface area contributed by atoms with Crippen LogP contribution in [-0.2, 0) is 0 Å². The molecule has 1 unspecified atom stereocenters. The molecule has 1 aromatic heterocycles. The number of aryl methyl sites for hydroxylation is 1. The van der Waals surface area contributed by atoms with Gasteiger partial charge in [-0.15, -0.1) is 17.0 Å². The van der Waals surface area contributed by atoms with Crippen LogP contribution in [0, 0.1) is 6.92 Å². The van der Waals surface area contributed by atoms with Gasteiger partial charge in [-0.2, -0.15) is 0 Å². The summed E-state index contributed by atoms with van der Waals surface area (Å²) in [4.78, 5) is 17.1. The number of ketones is 1. The second-order valence-corrected chi connectivity index (χ2v) is 6.68. The standard InChI is InChI=1S/C19H20N2O2S.BrH/c1-4-23-15-6-5-7-16-17(15)21-19(24-16)20-13(3)18(22)14-10-8-12(2)9-11-14;/h5-11,13H,4H2,1-3H3,(H,20,21);1H. The van der Waals surface area contributed by atoms with Gasteiger partial charge in [0.2, 0.25) is 0 Å². The number of hydrogen-bond donors (Lipinski definition) is 1. The minimum Gasteiger partial charge on any atom is -0.492 e. The Balaban J connectivity index is 0.00000225. The highest BCUT2D eigenvalue weighted by Gasteiger charge is 2.17.